The van der Waals surface area contributed by atoms with Crippen molar-refractivity contribution >= 4 is 29.6 Å². The Morgan fingerprint density at radius 1 is 0.886 bits per heavy atom. The summed E-state index contributed by atoms with van der Waals surface area (Å²) in [6.07, 6.45) is -8.92. The summed E-state index contributed by atoms with van der Waals surface area (Å²) in [5.74, 6) is -7.68. The SMILES string of the molecule is O=C(O)CC(=O)OC[C@H]1O[C@@H](OC2=C(c3ccc(O)c(O)c3)[OH+]C3C=C(O)C=C(O)C3=C2)[C@H](O)[C@@H](OC(=O)CC(=O)O)[C@@H]1O. The van der Waals surface area contributed by atoms with Gasteiger partial charge in [0.2, 0.25) is 18.2 Å². The van der Waals surface area contributed by atoms with Gasteiger partial charge in [0.25, 0.3) is 0 Å². The summed E-state index contributed by atoms with van der Waals surface area (Å²) < 4.78 is 25.7. The molecule has 44 heavy (non-hydrogen) atoms. The normalized spacial score (nSPS) is 26.2. The van der Waals surface area contributed by atoms with Gasteiger partial charge in [0.1, 0.15) is 43.2 Å². The molecule has 2 heterocycles. The Labute approximate surface area is 246 Å². The highest BCUT2D eigenvalue weighted by atomic mass is 16.7. The Bertz CT molecular complexity index is 1470. The maximum absolute atomic E-state index is 12.1. The Hall–Kier alpha value is -5.26. The first-order valence-electron chi connectivity index (χ1n) is 12.7. The second-order valence-corrected chi connectivity index (χ2v) is 9.63. The lowest BCUT2D eigenvalue weighted by Crippen LogP contribution is -2.60. The van der Waals surface area contributed by atoms with Gasteiger partial charge < -0.3 is 64.5 Å². The third-order valence-electron chi connectivity index (χ3n) is 6.42. The van der Waals surface area contributed by atoms with Crippen LogP contribution in [0.5, 0.6) is 11.5 Å². The van der Waals surface area contributed by atoms with Crippen molar-refractivity contribution in [1.29, 1.82) is 0 Å². The van der Waals surface area contributed by atoms with Crippen molar-refractivity contribution in [2.75, 3.05) is 6.61 Å². The first-order valence-corrected chi connectivity index (χ1v) is 12.7. The van der Waals surface area contributed by atoms with E-state index < -0.39 is 97.4 Å². The highest BCUT2D eigenvalue weighted by Gasteiger charge is 2.49. The van der Waals surface area contributed by atoms with Gasteiger partial charge in [-0.3, -0.25) is 19.2 Å². The number of ether oxygens (including phenoxy) is 5. The second kappa shape index (κ2) is 12.9. The van der Waals surface area contributed by atoms with Crippen molar-refractivity contribution in [1.82, 2.24) is 0 Å². The third-order valence-corrected chi connectivity index (χ3v) is 6.42. The number of aliphatic carboxylic acids is 2. The van der Waals surface area contributed by atoms with Crippen LogP contribution in [-0.4, -0.2) is 113 Å². The van der Waals surface area contributed by atoms with Gasteiger partial charge >= 0.3 is 29.6 Å². The van der Waals surface area contributed by atoms with Crippen LogP contribution in [0.25, 0.3) is 5.76 Å². The first-order chi connectivity index (χ1) is 20.7. The molecule has 1 saturated heterocycles. The molecule has 1 aliphatic carbocycles. The molecule has 1 aromatic carbocycles. The van der Waals surface area contributed by atoms with Crippen LogP contribution in [-0.2, 0) is 38.1 Å². The molecular weight excluding hydrogens is 596 g/mol. The van der Waals surface area contributed by atoms with E-state index in [-0.39, 0.29) is 28.4 Å². The number of aliphatic hydroxyl groups excluding tert-OH is 4. The second-order valence-electron chi connectivity index (χ2n) is 9.63. The number of hydrogen-bond donors (Lipinski definition) is 8. The Balaban J connectivity index is 1.70. The highest BCUT2D eigenvalue weighted by molar-refractivity contribution is 5.90. The van der Waals surface area contributed by atoms with Gasteiger partial charge in [0, 0.05) is 18.2 Å². The number of carbonyl (C=O) groups excluding carboxylic acids is 2. The topological polar surface area (TPSA) is 280 Å². The molecule has 2 aliphatic heterocycles. The maximum atomic E-state index is 12.1. The predicted molar refractivity (Wildman–Crippen MR) is 139 cm³/mol. The van der Waals surface area contributed by atoms with Crippen molar-refractivity contribution in [3.63, 3.8) is 0 Å². The van der Waals surface area contributed by atoms with E-state index in [4.69, 9.17) is 29.2 Å². The van der Waals surface area contributed by atoms with Gasteiger partial charge in [0.15, 0.2) is 23.7 Å². The molecule has 3 aliphatic rings. The molecule has 0 saturated carbocycles. The van der Waals surface area contributed by atoms with Crippen molar-refractivity contribution in [2.24, 2.45) is 0 Å². The van der Waals surface area contributed by atoms with E-state index >= 15 is 0 Å². The van der Waals surface area contributed by atoms with Crippen molar-refractivity contribution in [2.45, 2.75) is 49.7 Å². The van der Waals surface area contributed by atoms with Gasteiger partial charge in [-0.1, -0.05) is 0 Å². The number of rotatable bonds is 10. The summed E-state index contributed by atoms with van der Waals surface area (Å²) in [6.45, 7) is -0.814. The quantitative estimate of drug-likeness (QED) is 0.0697. The summed E-state index contributed by atoms with van der Waals surface area (Å²) in [4.78, 5) is 45.7. The molecular formula is C27H27O17+. The molecule has 1 aromatic rings. The molecule has 1 unspecified atom stereocenters. The predicted octanol–water partition coefficient (Wildman–Crippen LogP) is -0.632. The number of carboxylic acids is 2. The number of fused-ring (bicyclic) bond motifs is 1. The van der Waals surface area contributed by atoms with Gasteiger partial charge in [-0.25, -0.2) is 0 Å². The van der Waals surface area contributed by atoms with Crippen molar-refractivity contribution in [3.8, 4) is 11.5 Å². The molecule has 236 valence electrons. The molecule has 9 N–H and O–H groups in total. The smallest absolute Gasteiger partial charge is 0.317 e. The van der Waals surface area contributed by atoms with E-state index in [1.165, 1.54) is 18.2 Å². The average Bonchev–Trinajstić information content (AvgIpc) is 2.92. The molecule has 1 fully saturated rings. The van der Waals surface area contributed by atoms with Crippen LogP contribution in [0.2, 0.25) is 0 Å². The number of aromatic hydroxyl groups is 2. The number of benzene rings is 1. The number of phenols is 2. The monoisotopic (exact) mass is 623 g/mol. The largest absolute Gasteiger partial charge is 0.571 e. The molecule has 0 amide bonds. The number of aliphatic hydroxyl groups is 6. The third kappa shape index (κ3) is 7.20. The fourth-order valence-corrected chi connectivity index (χ4v) is 4.40. The number of phenolic OH excluding ortho intramolecular Hbond substituents is 2. The zero-order valence-electron chi connectivity index (χ0n) is 22.3. The fraction of sp³-hybridized carbons (Fsp3) is 0.333. The van der Waals surface area contributed by atoms with Gasteiger partial charge in [-0.15, -0.1) is 0 Å². The Morgan fingerprint density at radius 2 is 1.57 bits per heavy atom. The number of carboxylic acid groups (broad SMARTS) is 2. The van der Waals surface area contributed by atoms with Gasteiger partial charge in [-0.05, 0) is 12.1 Å². The number of hydrogen-bond acceptors (Lipinski definition) is 14. The summed E-state index contributed by atoms with van der Waals surface area (Å²) >= 11 is 0. The summed E-state index contributed by atoms with van der Waals surface area (Å²) in [7, 11) is 0. The highest BCUT2D eigenvalue weighted by Crippen LogP contribution is 2.38. The van der Waals surface area contributed by atoms with Crippen LogP contribution < -0.4 is 0 Å². The standard InChI is InChI=1S/C27H26O17/c28-11-4-14(30)12-6-17(25(41-16(12)5-11)10-1-2-13(29)15(31)3-10)42-27-24(39)26(44-22(37)8-20(34)35)23(38)18(43-27)9-40-21(36)7-19(32)33/h1-6,16,18,23-24,26-31,38-39H,7-9H2,(H,32,33)(H,34,35)/p+1/t16?,18-,23-,24-,26+,27-/m1/s1. The van der Waals surface area contributed by atoms with E-state index in [0.29, 0.717) is 0 Å². The number of esters is 2. The first kappa shape index (κ1) is 31.7. The lowest BCUT2D eigenvalue weighted by Gasteiger charge is -2.41. The lowest BCUT2D eigenvalue weighted by molar-refractivity contribution is -0.294. The minimum atomic E-state index is -2.02. The number of allylic oxidation sites excluding steroid dienone is 2. The molecule has 4 rings (SSSR count). The molecule has 0 aromatic heterocycles. The zero-order chi connectivity index (χ0) is 32.3. The van der Waals surface area contributed by atoms with Crippen molar-refractivity contribution in [3.05, 3.63) is 64.8 Å². The van der Waals surface area contributed by atoms with Crippen LogP contribution in [0.3, 0.4) is 0 Å². The fourth-order valence-electron chi connectivity index (χ4n) is 4.40. The molecule has 6 atom stereocenters. The molecule has 17 nitrogen and oxygen atoms in total. The van der Waals surface area contributed by atoms with Crippen LogP contribution >= 0.6 is 0 Å². The van der Waals surface area contributed by atoms with Crippen LogP contribution in [0.1, 0.15) is 18.4 Å². The summed E-state index contributed by atoms with van der Waals surface area (Å²) in [5.41, 5.74) is 0.250. The molecule has 0 radical (unpaired) electrons. The number of carbonyl (C=O) groups is 4. The molecule has 17 heteroatoms. The van der Waals surface area contributed by atoms with E-state index in [9.17, 15) is 49.8 Å². The van der Waals surface area contributed by atoms with Gasteiger partial charge in [0.05, 0.1) is 17.2 Å². The minimum Gasteiger partial charge on any atom is -0.571 e. The van der Waals surface area contributed by atoms with Crippen LogP contribution in [0, 0.1) is 0 Å². The van der Waals surface area contributed by atoms with Gasteiger partial charge in [-0.2, -0.15) is 0 Å². The van der Waals surface area contributed by atoms with Crippen molar-refractivity contribution < 1.29 is 83.7 Å². The summed E-state index contributed by atoms with van der Waals surface area (Å²) in [6, 6.07) is 3.58. The average molecular weight is 623 g/mol. The Morgan fingerprint density at radius 3 is 2.23 bits per heavy atom. The maximum Gasteiger partial charge on any atom is 0.317 e. The molecule has 0 bridgehead atoms. The molecule has 0 spiro atoms. The summed E-state index contributed by atoms with van der Waals surface area (Å²) in [5, 5.41) is 79.7. The van der Waals surface area contributed by atoms with Crippen LogP contribution in [0.4, 0.5) is 0 Å². The van der Waals surface area contributed by atoms with E-state index in [0.717, 1.165) is 18.2 Å². The van der Waals surface area contributed by atoms with E-state index in [1.807, 2.05) is 0 Å². The van der Waals surface area contributed by atoms with E-state index in [2.05, 4.69) is 4.74 Å². The lowest BCUT2D eigenvalue weighted by atomic mass is 9.96. The van der Waals surface area contributed by atoms with E-state index in [1.54, 1.807) is 0 Å². The zero-order valence-corrected chi connectivity index (χ0v) is 22.3. The Kier molecular flexibility index (Phi) is 9.32. The minimum absolute atomic E-state index is 0.0569. The van der Waals surface area contributed by atoms with Crippen LogP contribution in [0.15, 0.2) is 59.3 Å².